The molecule has 0 unspecified atom stereocenters. The molecule has 0 saturated carbocycles. The number of anilines is 8. The minimum absolute atomic E-state index is 0.0512. The van der Waals surface area contributed by atoms with Crippen molar-refractivity contribution in [1.29, 1.82) is 15.8 Å². The minimum Gasteiger partial charge on any atom is -0.454 e. The van der Waals surface area contributed by atoms with E-state index in [-0.39, 0.29) is 27.5 Å². The van der Waals surface area contributed by atoms with Gasteiger partial charge >= 0.3 is 0 Å². The summed E-state index contributed by atoms with van der Waals surface area (Å²) in [6, 6.07) is 74.6. The molecule has 0 spiro atoms. The van der Waals surface area contributed by atoms with Gasteiger partial charge in [-0.3, -0.25) is 0 Å². The van der Waals surface area contributed by atoms with E-state index < -0.39 is 11.6 Å². The van der Waals surface area contributed by atoms with Gasteiger partial charge in [0, 0.05) is 60.3 Å². The molecule has 0 bridgehead atoms. The first kappa shape index (κ1) is 55.6. The van der Waals surface area contributed by atoms with Crippen LogP contribution in [-0.4, -0.2) is 0 Å². The van der Waals surface area contributed by atoms with Crippen molar-refractivity contribution in [3.05, 3.63) is 279 Å². The molecule has 0 saturated heterocycles. The van der Waals surface area contributed by atoms with Crippen molar-refractivity contribution < 1.29 is 22.0 Å². The zero-order valence-electron chi connectivity index (χ0n) is 50.3. The summed E-state index contributed by atoms with van der Waals surface area (Å²) in [6.07, 6.45) is 0. The SMILES string of the molecule is CC1(C)c2ccccc2N(c2cc(N3c4ccccc4C(C)(C)c4ccc5c(oc6ccccc65)c43)c(C#N)cc2C#N)c2c1ccc1c2oc2ccccc21.CC1(C)c2ccccc2Nc2c1ccc1c2oc2ccccc21.[C-]#[N+]c1cc(C#N)c(F)cc1F. The van der Waals surface area contributed by atoms with Crippen molar-refractivity contribution >= 4 is 117 Å². The van der Waals surface area contributed by atoms with Gasteiger partial charge in [-0.05, 0) is 88.0 Å². The van der Waals surface area contributed by atoms with Crippen LogP contribution in [0.4, 0.5) is 60.0 Å². The predicted molar refractivity (Wildman–Crippen MR) is 357 cm³/mol. The third-order valence-corrected chi connectivity index (χ3v) is 18.7. The smallest absolute Gasteiger partial charge is 0.223 e. The lowest BCUT2D eigenvalue weighted by Crippen LogP contribution is -2.32. The topological polar surface area (TPSA) is 134 Å². The summed E-state index contributed by atoms with van der Waals surface area (Å²) in [4.78, 5) is 7.15. The second-order valence-electron chi connectivity index (χ2n) is 24.7. The highest BCUT2D eigenvalue weighted by Crippen LogP contribution is 2.60. The summed E-state index contributed by atoms with van der Waals surface area (Å²) in [5.74, 6) is -1.89. The first-order valence-corrected chi connectivity index (χ1v) is 29.8. The Morgan fingerprint density at radius 2 is 0.802 bits per heavy atom. The molecule has 0 radical (unpaired) electrons. The molecule has 1 N–H and O–H groups in total. The summed E-state index contributed by atoms with van der Waals surface area (Å²) < 4.78 is 44.9. The van der Waals surface area contributed by atoms with Crippen LogP contribution in [0.1, 0.15) is 91.6 Å². The molecule has 436 valence electrons. The lowest BCUT2D eigenvalue weighted by molar-refractivity contribution is 0.584. The minimum atomic E-state index is -0.943. The molecule has 3 aliphatic heterocycles. The van der Waals surface area contributed by atoms with E-state index in [1.54, 1.807) is 6.07 Å². The molecular weight excluding hydrogens is 1130 g/mol. The van der Waals surface area contributed by atoms with Crippen LogP contribution in [-0.2, 0) is 16.2 Å². The second-order valence-corrected chi connectivity index (χ2v) is 24.7. The molecule has 0 atom stereocenters. The molecule has 12 heteroatoms. The van der Waals surface area contributed by atoms with E-state index in [0.29, 0.717) is 28.6 Å². The first-order chi connectivity index (χ1) is 44.1. The molecule has 91 heavy (non-hydrogen) atoms. The number of nitrogens with one attached hydrogen (secondary N) is 1. The third kappa shape index (κ3) is 8.31. The highest BCUT2D eigenvalue weighted by atomic mass is 19.1. The van der Waals surface area contributed by atoms with Gasteiger partial charge in [0.05, 0.1) is 63.1 Å². The van der Waals surface area contributed by atoms with Crippen molar-refractivity contribution in [2.45, 2.75) is 57.8 Å². The van der Waals surface area contributed by atoms with Crippen LogP contribution in [0, 0.1) is 52.2 Å². The molecule has 10 nitrogen and oxygen atoms in total. The van der Waals surface area contributed by atoms with Crippen molar-refractivity contribution in [3.63, 3.8) is 0 Å². The van der Waals surface area contributed by atoms with Crippen LogP contribution in [0.3, 0.4) is 0 Å². The number of para-hydroxylation sites is 6. The standard InChI is InChI=1S/C50H34N4O2.C21H17NO.C8H2F2N2/c1-49(2)35-15-7-9-17-39(35)53(45-37(49)23-21-33-31-13-5-11-19-43(31)55-47(33)45)41-26-42(30(28-52)25-29(41)27-51)54-40-18-10-8-16-36(40)50(3,4)38-24-22-34-32-14-6-12-20-44(32)56-48(34)46(38)54;1-21(2)15-8-4-5-9-17(15)22-19-16(21)12-11-14-13-7-3-6-10-18(13)23-20(14)19;1-12-8-2-5(4-11)6(9)3-7(8)10/h5-26H,1-4H3;3-12,22H,1-2H3;2-3H. The van der Waals surface area contributed by atoms with Crippen molar-refractivity contribution in [1.82, 2.24) is 0 Å². The summed E-state index contributed by atoms with van der Waals surface area (Å²) in [5.41, 5.74) is 18.5. The molecule has 3 aromatic heterocycles. The number of fused-ring (bicyclic) bond motifs is 18. The number of halogens is 2. The molecule has 14 aromatic rings. The van der Waals surface area contributed by atoms with Crippen molar-refractivity contribution in [2.24, 2.45) is 0 Å². The quantitative estimate of drug-likeness (QED) is 0.168. The van der Waals surface area contributed by atoms with Crippen LogP contribution in [0.5, 0.6) is 0 Å². The zero-order valence-corrected chi connectivity index (χ0v) is 50.3. The fourth-order valence-electron chi connectivity index (χ4n) is 14.1. The summed E-state index contributed by atoms with van der Waals surface area (Å²) in [7, 11) is 0. The maximum absolute atomic E-state index is 12.6. The summed E-state index contributed by atoms with van der Waals surface area (Å²) in [5, 5.41) is 40.2. The largest absolute Gasteiger partial charge is 0.454 e. The molecule has 11 aromatic carbocycles. The molecular formula is C79H53F2N7O3. The number of benzene rings is 11. The fraction of sp³-hybridized carbons (Fsp3) is 0.114. The van der Waals surface area contributed by atoms with Crippen LogP contribution >= 0.6 is 0 Å². The zero-order chi connectivity index (χ0) is 62.8. The average Bonchev–Trinajstić information content (AvgIpc) is 1.70. The Morgan fingerprint density at radius 1 is 0.396 bits per heavy atom. The van der Waals surface area contributed by atoms with E-state index in [9.17, 15) is 19.3 Å². The van der Waals surface area contributed by atoms with Gasteiger partial charge in [0.15, 0.2) is 16.7 Å². The molecule has 3 aliphatic rings. The molecule has 0 aliphatic carbocycles. The van der Waals surface area contributed by atoms with Gasteiger partial charge in [0.1, 0.15) is 46.6 Å². The van der Waals surface area contributed by atoms with E-state index in [0.717, 1.165) is 117 Å². The fourth-order valence-corrected chi connectivity index (χ4v) is 14.1. The Labute approximate surface area is 522 Å². The number of hydrogen-bond donors (Lipinski definition) is 1. The molecule has 17 rings (SSSR count). The normalized spacial score (nSPS) is 14.2. The van der Waals surface area contributed by atoms with Gasteiger partial charge in [-0.2, -0.15) is 15.8 Å². The Bertz CT molecular complexity index is 5370. The highest BCUT2D eigenvalue weighted by molar-refractivity contribution is 6.15. The lowest BCUT2D eigenvalue weighted by Gasteiger charge is -2.43. The van der Waals surface area contributed by atoms with Gasteiger partial charge in [0.25, 0.3) is 0 Å². The van der Waals surface area contributed by atoms with Gasteiger partial charge in [0.2, 0.25) is 5.69 Å². The van der Waals surface area contributed by atoms with Crippen LogP contribution in [0.25, 0.3) is 70.7 Å². The lowest BCUT2D eigenvalue weighted by atomic mass is 9.73. The number of rotatable bonds is 2. The Morgan fingerprint density at radius 3 is 1.29 bits per heavy atom. The summed E-state index contributed by atoms with van der Waals surface area (Å²) >= 11 is 0. The Hall–Kier alpha value is -12.0. The van der Waals surface area contributed by atoms with E-state index >= 15 is 0 Å². The van der Waals surface area contributed by atoms with E-state index in [1.807, 2.05) is 66.7 Å². The number of hydrogen-bond acceptors (Lipinski definition) is 9. The Kier molecular flexibility index (Phi) is 12.6. The summed E-state index contributed by atoms with van der Waals surface area (Å²) in [6.45, 7) is 20.0. The van der Waals surface area contributed by atoms with Crippen LogP contribution in [0.2, 0.25) is 0 Å². The maximum atomic E-state index is 12.6. The van der Waals surface area contributed by atoms with Gasteiger partial charge in [-0.15, -0.1) is 0 Å². The number of nitrogens with zero attached hydrogens (tertiary/aromatic N) is 6. The van der Waals surface area contributed by atoms with Crippen molar-refractivity contribution in [3.8, 4) is 18.2 Å². The highest BCUT2D eigenvalue weighted by Gasteiger charge is 2.43. The maximum Gasteiger partial charge on any atom is 0.223 e. The first-order valence-electron chi connectivity index (χ1n) is 29.8. The van der Waals surface area contributed by atoms with E-state index in [4.69, 9.17) is 25.1 Å². The van der Waals surface area contributed by atoms with Gasteiger partial charge < -0.3 is 28.4 Å². The molecule has 6 heterocycles. The molecule has 0 amide bonds. The second kappa shape index (κ2) is 20.6. The van der Waals surface area contributed by atoms with Crippen LogP contribution < -0.4 is 15.1 Å². The Balaban J connectivity index is 0.000000160. The monoisotopic (exact) mass is 1190 g/mol. The number of furan rings is 3. The van der Waals surface area contributed by atoms with E-state index in [1.165, 1.54) is 28.0 Å². The average molecular weight is 1190 g/mol. The van der Waals surface area contributed by atoms with Gasteiger partial charge in [-0.1, -0.05) is 187 Å². The van der Waals surface area contributed by atoms with E-state index in [2.05, 4.69) is 195 Å². The van der Waals surface area contributed by atoms with Crippen molar-refractivity contribution in [2.75, 3.05) is 15.1 Å². The molecule has 0 fully saturated rings. The third-order valence-electron chi connectivity index (χ3n) is 18.7. The predicted octanol–water partition coefficient (Wildman–Crippen LogP) is 21.8. The van der Waals surface area contributed by atoms with Crippen LogP contribution in [0.15, 0.2) is 220 Å². The van der Waals surface area contributed by atoms with Gasteiger partial charge in [-0.25, -0.2) is 13.6 Å². The number of nitriles is 3.